The number of hydrogen-bond acceptors (Lipinski definition) is 5. The summed E-state index contributed by atoms with van der Waals surface area (Å²) in [6.45, 7) is 1.77. The fourth-order valence-corrected chi connectivity index (χ4v) is 3.92. The van der Waals surface area contributed by atoms with Gasteiger partial charge in [-0.1, -0.05) is 12.1 Å². The van der Waals surface area contributed by atoms with Crippen LogP contribution in [0.4, 0.5) is 24.7 Å². The maximum atomic E-state index is 12.4. The number of fused-ring (bicyclic) bond motifs is 1. The van der Waals surface area contributed by atoms with Gasteiger partial charge in [0.2, 0.25) is 5.91 Å². The summed E-state index contributed by atoms with van der Waals surface area (Å²) in [5.41, 5.74) is 9.17. The molecular weight excluding hydrogens is 445 g/mol. The zero-order valence-corrected chi connectivity index (χ0v) is 18.2. The molecule has 0 aliphatic heterocycles. The van der Waals surface area contributed by atoms with Crippen molar-refractivity contribution in [1.82, 2.24) is 4.98 Å². The van der Waals surface area contributed by atoms with Crippen LogP contribution in [-0.2, 0) is 4.79 Å². The van der Waals surface area contributed by atoms with Gasteiger partial charge in [0.25, 0.3) is 0 Å². The van der Waals surface area contributed by atoms with Crippen LogP contribution >= 0.6 is 0 Å². The number of halogens is 3. The van der Waals surface area contributed by atoms with Crippen molar-refractivity contribution in [3.8, 4) is 17.2 Å². The zero-order chi connectivity index (χ0) is 24.6. The van der Waals surface area contributed by atoms with Crippen LogP contribution in [0, 0.1) is 30.1 Å². The maximum Gasteiger partial charge on any atom is 0.389 e. The molecule has 174 valence electrons. The van der Waals surface area contributed by atoms with E-state index in [9.17, 15) is 22.8 Å². The van der Waals surface area contributed by atoms with E-state index in [0.29, 0.717) is 23.3 Å². The minimum Gasteiger partial charge on any atom is -0.398 e. The first-order valence-corrected chi connectivity index (χ1v) is 10.7. The number of nitrogen functional groups attached to an aromatic ring is 1. The summed E-state index contributed by atoms with van der Waals surface area (Å²) in [6, 6.07) is 12.2. The van der Waals surface area contributed by atoms with E-state index in [-0.39, 0.29) is 23.3 Å². The van der Waals surface area contributed by atoms with Gasteiger partial charge in [0.1, 0.15) is 5.82 Å². The number of pyridine rings is 1. The van der Waals surface area contributed by atoms with E-state index in [1.54, 1.807) is 37.4 Å². The number of nitrogens with one attached hydrogen (secondary N) is 1. The van der Waals surface area contributed by atoms with Crippen LogP contribution in [0.15, 0.2) is 42.6 Å². The summed E-state index contributed by atoms with van der Waals surface area (Å²) in [4.78, 5) is 28.7. The van der Waals surface area contributed by atoms with Gasteiger partial charge in [0.15, 0.2) is 5.78 Å². The fraction of sp³-hybridized carbons (Fsp3) is 0.280. The lowest BCUT2D eigenvalue weighted by molar-refractivity contribution is -0.133. The van der Waals surface area contributed by atoms with E-state index in [4.69, 9.17) is 11.0 Å². The number of Topliss-reactive ketones (excluding diaryl/α,β-unsaturated/α-hetero) is 1. The number of ketones is 1. The lowest BCUT2D eigenvalue weighted by Crippen LogP contribution is -2.15. The highest BCUT2D eigenvalue weighted by molar-refractivity contribution is 6.01. The molecule has 34 heavy (non-hydrogen) atoms. The molecule has 0 radical (unpaired) electrons. The molecule has 1 saturated carbocycles. The van der Waals surface area contributed by atoms with E-state index in [0.717, 1.165) is 22.1 Å². The van der Waals surface area contributed by atoms with Crippen molar-refractivity contribution in [2.45, 2.75) is 32.4 Å². The molecule has 1 aromatic heterocycles. The second-order valence-corrected chi connectivity index (χ2v) is 8.49. The van der Waals surface area contributed by atoms with Crippen molar-refractivity contribution in [3.63, 3.8) is 0 Å². The summed E-state index contributed by atoms with van der Waals surface area (Å²) in [5, 5.41) is 13.1. The second-order valence-electron chi connectivity index (χ2n) is 8.49. The maximum absolute atomic E-state index is 12.4. The number of aryl methyl sites for hydroxylation is 1. The summed E-state index contributed by atoms with van der Waals surface area (Å²) in [6.07, 6.45) is -4.02. The van der Waals surface area contributed by atoms with E-state index in [1.165, 1.54) is 6.07 Å². The van der Waals surface area contributed by atoms with Crippen LogP contribution in [-0.4, -0.2) is 22.9 Å². The molecule has 1 fully saturated rings. The van der Waals surface area contributed by atoms with E-state index in [2.05, 4.69) is 16.4 Å². The summed E-state index contributed by atoms with van der Waals surface area (Å²) in [5.74, 6) is -1.04. The Morgan fingerprint density at radius 2 is 2.00 bits per heavy atom. The molecule has 6 nitrogen and oxygen atoms in total. The highest BCUT2D eigenvalue weighted by atomic mass is 19.4. The lowest BCUT2D eigenvalue weighted by Gasteiger charge is -2.12. The van der Waals surface area contributed by atoms with Gasteiger partial charge < -0.3 is 11.1 Å². The highest BCUT2D eigenvalue weighted by Crippen LogP contribution is 2.39. The Morgan fingerprint density at radius 3 is 2.65 bits per heavy atom. The van der Waals surface area contributed by atoms with Crippen LogP contribution in [0.5, 0.6) is 0 Å². The Morgan fingerprint density at radius 1 is 1.24 bits per heavy atom. The van der Waals surface area contributed by atoms with Gasteiger partial charge in [-0.2, -0.15) is 18.4 Å². The van der Waals surface area contributed by atoms with Crippen LogP contribution in [0.25, 0.3) is 21.9 Å². The van der Waals surface area contributed by atoms with Gasteiger partial charge in [-0.05, 0) is 59.7 Å². The average Bonchev–Trinajstić information content (AvgIpc) is 3.57. The molecule has 1 aliphatic carbocycles. The van der Waals surface area contributed by atoms with Crippen LogP contribution in [0.3, 0.4) is 0 Å². The molecule has 0 unspecified atom stereocenters. The monoisotopic (exact) mass is 466 g/mol. The number of nitrogens with two attached hydrogens (primary N) is 1. The minimum absolute atomic E-state index is 0.226. The first-order valence-electron chi connectivity index (χ1n) is 10.7. The predicted molar refractivity (Wildman–Crippen MR) is 122 cm³/mol. The van der Waals surface area contributed by atoms with Gasteiger partial charge in [-0.25, -0.2) is 4.98 Å². The SMILES string of the molecule is Cc1cc(C(=O)CCC(F)(F)F)ccc1-c1cc(N)c2cnc(NC(=O)[C@@H]3C[C@H]3C#N)cc2c1. The Bertz CT molecular complexity index is 1340. The van der Waals surface area contributed by atoms with Crippen molar-refractivity contribution in [1.29, 1.82) is 5.26 Å². The Hall–Kier alpha value is -3.93. The number of benzene rings is 2. The normalized spacial score (nSPS) is 17.3. The number of aromatic nitrogens is 1. The zero-order valence-electron chi connectivity index (χ0n) is 18.2. The van der Waals surface area contributed by atoms with Gasteiger partial charge in [-0.15, -0.1) is 0 Å². The van der Waals surface area contributed by atoms with E-state index in [1.807, 2.05) is 6.07 Å². The van der Waals surface area contributed by atoms with Gasteiger partial charge in [0, 0.05) is 29.3 Å². The van der Waals surface area contributed by atoms with Crippen LogP contribution in [0.1, 0.15) is 35.2 Å². The van der Waals surface area contributed by atoms with Crippen molar-refractivity contribution < 1.29 is 22.8 Å². The first-order chi connectivity index (χ1) is 16.1. The number of carbonyl (C=O) groups excluding carboxylic acids is 2. The molecule has 1 aliphatic rings. The number of amides is 1. The van der Waals surface area contributed by atoms with Gasteiger partial charge in [-0.3, -0.25) is 9.59 Å². The molecule has 9 heteroatoms. The van der Waals surface area contributed by atoms with Crippen LogP contribution < -0.4 is 11.1 Å². The summed E-state index contributed by atoms with van der Waals surface area (Å²) in [7, 11) is 0. The van der Waals surface area contributed by atoms with E-state index < -0.39 is 24.8 Å². The van der Waals surface area contributed by atoms with Crippen LogP contribution in [0.2, 0.25) is 0 Å². The molecule has 0 saturated heterocycles. The molecular formula is C25H21F3N4O2. The van der Waals surface area contributed by atoms with Gasteiger partial charge in [0.05, 0.1) is 24.3 Å². The lowest BCUT2D eigenvalue weighted by atomic mass is 9.94. The Labute approximate surface area is 193 Å². The quantitative estimate of drug-likeness (QED) is 0.373. The molecule has 3 N–H and O–H groups in total. The third kappa shape index (κ3) is 5.01. The number of alkyl halides is 3. The van der Waals surface area contributed by atoms with Gasteiger partial charge >= 0.3 is 6.18 Å². The number of anilines is 2. The number of nitriles is 1. The third-order valence-electron chi connectivity index (χ3n) is 5.91. The Kier molecular flexibility index (Phi) is 6.00. The topological polar surface area (TPSA) is 109 Å². The van der Waals surface area contributed by atoms with Crippen molar-refractivity contribution in [2.24, 2.45) is 11.8 Å². The molecule has 2 aromatic carbocycles. The molecule has 1 heterocycles. The Balaban J connectivity index is 1.59. The third-order valence-corrected chi connectivity index (χ3v) is 5.91. The smallest absolute Gasteiger partial charge is 0.389 e. The molecule has 0 spiro atoms. The predicted octanol–water partition coefficient (Wildman–Crippen LogP) is 5.42. The second kappa shape index (κ2) is 8.78. The first kappa shape index (κ1) is 23.2. The average molecular weight is 466 g/mol. The number of nitrogens with zero attached hydrogens (tertiary/aromatic N) is 2. The number of hydrogen-bond donors (Lipinski definition) is 2. The fourth-order valence-electron chi connectivity index (χ4n) is 3.92. The highest BCUT2D eigenvalue weighted by Gasteiger charge is 2.43. The largest absolute Gasteiger partial charge is 0.398 e. The summed E-state index contributed by atoms with van der Waals surface area (Å²) >= 11 is 0. The molecule has 2 atom stereocenters. The molecule has 0 bridgehead atoms. The van der Waals surface area contributed by atoms with Crippen molar-refractivity contribution in [2.75, 3.05) is 11.1 Å². The molecule has 3 aromatic rings. The molecule has 1 amide bonds. The van der Waals surface area contributed by atoms with Crippen molar-refractivity contribution >= 4 is 34.0 Å². The standard InChI is InChI=1S/C25H21F3N4O2/c1-13-6-14(22(33)4-5-25(26,27)28)2-3-18(13)15-7-16-10-23(31-12-20(16)21(30)9-15)32-24(34)19-8-17(19)11-29/h2-3,6-7,9-10,12,17,19H,4-5,8,30H2,1H3,(H,31,32,34)/t17-,19+/m0/s1. The van der Waals surface area contributed by atoms with Crippen molar-refractivity contribution in [3.05, 3.63) is 53.7 Å². The number of carbonyl (C=O) groups is 2. The number of rotatable bonds is 6. The minimum atomic E-state index is -4.38. The van der Waals surface area contributed by atoms with E-state index >= 15 is 0 Å². The summed E-state index contributed by atoms with van der Waals surface area (Å²) < 4.78 is 37.3. The molecule has 4 rings (SSSR count).